The zero-order chi connectivity index (χ0) is 9.97. The van der Waals surface area contributed by atoms with Crippen molar-refractivity contribution in [3.8, 4) is 5.75 Å². The minimum atomic E-state index is -0.438. The number of benzene rings is 1. The van der Waals surface area contributed by atoms with Gasteiger partial charge in [0.15, 0.2) is 6.10 Å². The van der Waals surface area contributed by atoms with Crippen molar-refractivity contribution in [2.24, 2.45) is 0 Å². The van der Waals surface area contributed by atoms with E-state index in [-0.39, 0.29) is 12.1 Å². The summed E-state index contributed by atoms with van der Waals surface area (Å²) in [5, 5.41) is 0. The van der Waals surface area contributed by atoms with Crippen molar-refractivity contribution in [1.29, 1.82) is 0 Å². The van der Waals surface area contributed by atoms with Crippen LogP contribution in [0, 0.1) is 0 Å². The van der Waals surface area contributed by atoms with Gasteiger partial charge in [-0.3, -0.25) is 0 Å². The van der Waals surface area contributed by atoms with Crippen LogP contribution in [0.3, 0.4) is 0 Å². The molecule has 1 aliphatic heterocycles. The number of para-hydroxylation sites is 1. The minimum absolute atomic E-state index is 0.0313. The third-order valence-corrected chi connectivity index (χ3v) is 2.15. The van der Waals surface area contributed by atoms with Gasteiger partial charge in [0.1, 0.15) is 11.9 Å². The molecular formula is C11H12O3. The predicted molar refractivity (Wildman–Crippen MR) is 51.0 cm³/mol. The van der Waals surface area contributed by atoms with Gasteiger partial charge in [-0.15, -0.1) is 0 Å². The first kappa shape index (κ1) is 9.06. The van der Waals surface area contributed by atoms with Crippen molar-refractivity contribution >= 4 is 5.97 Å². The first-order chi connectivity index (χ1) is 6.75. The van der Waals surface area contributed by atoms with Gasteiger partial charge in [0, 0.05) is 6.42 Å². The number of rotatable bonds is 2. The molecule has 0 spiro atoms. The molecule has 1 aromatic carbocycles. The molecule has 1 fully saturated rings. The summed E-state index contributed by atoms with van der Waals surface area (Å²) in [5.41, 5.74) is 0. The minimum Gasteiger partial charge on any atom is -0.479 e. The van der Waals surface area contributed by atoms with E-state index in [1.54, 1.807) is 0 Å². The normalized spacial score (nSPS) is 25.9. The number of hydrogen-bond donors (Lipinski definition) is 0. The largest absolute Gasteiger partial charge is 0.479 e. The van der Waals surface area contributed by atoms with Crippen molar-refractivity contribution in [3.63, 3.8) is 0 Å². The van der Waals surface area contributed by atoms with Crippen LogP contribution in [-0.2, 0) is 9.53 Å². The number of cyclic esters (lactones) is 1. The molecule has 3 nitrogen and oxygen atoms in total. The van der Waals surface area contributed by atoms with Gasteiger partial charge in [0.25, 0.3) is 0 Å². The third-order valence-electron chi connectivity index (χ3n) is 2.15. The number of esters is 1. The van der Waals surface area contributed by atoms with Crippen LogP contribution in [0.15, 0.2) is 30.3 Å². The predicted octanol–water partition coefficient (Wildman–Crippen LogP) is 1.77. The molecule has 0 unspecified atom stereocenters. The van der Waals surface area contributed by atoms with Gasteiger partial charge in [-0.2, -0.15) is 0 Å². The van der Waals surface area contributed by atoms with E-state index in [0.29, 0.717) is 12.2 Å². The van der Waals surface area contributed by atoms with Crippen molar-refractivity contribution in [2.75, 3.05) is 0 Å². The molecule has 14 heavy (non-hydrogen) atoms. The van der Waals surface area contributed by atoms with Crippen LogP contribution in [0.2, 0.25) is 0 Å². The zero-order valence-corrected chi connectivity index (χ0v) is 7.97. The van der Waals surface area contributed by atoms with Gasteiger partial charge in [-0.1, -0.05) is 18.2 Å². The second-order valence-electron chi connectivity index (χ2n) is 3.40. The average molecular weight is 192 g/mol. The number of ether oxygens (including phenoxy) is 2. The molecule has 1 heterocycles. The molecule has 1 saturated heterocycles. The second-order valence-corrected chi connectivity index (χ2v) is 3.40. The van der Waals surface area contributed by atoms with Gasteiger partial charge in [-0.05, 0) is 19.1 Å². The van der Waals surface area contributed by atoms with Crippen molar-refractivity contribution in [3.05, 3.63) is 30.3 Å². The van der Waals surface area contributed by atoms with Gasteiger partial charge in [0.2, 0.25) is 0 Å². The molecule has 0 radical (unpaired) electrons. The molecule has 0 aromatic heterocycles. The Kier molecular flexibility index (Phi) is 2.39. The Morgan fingerprint density at radius 3 is 2.64 bits per heavy atom. The first-order valence-corrected chi connectivity index (χ1v) is 4.68. The number of carbonyl (C=O) groups excluding carboxylic acids is 1. The summed E-state index contributed by atoms with van der Waals surface area (Å²) in [6.07, 6.45) is 0.164. The zero-order valence-electron chi connectivity index (χ0n) is 7.97. The van der Waals surface area contributed by atoms with E-state index in [4.69, 9.17) is 9.47 Å². The maximum absolute atomic E-state index is 11.2. The summed E-state index contributed by atoms with van der Waals surface area (Å²) in [6, 6.07) is 9.31. The van der Waals surface area contributed by atoms with Crippen molar-refractivity contribution in [2.45, 2.75) is 25.6 Å². The van der Waals surface area contributed by atoms with Crippen LogP contribution in [-0.4, -0.2) is 18.2 Å². The molecule has 1 aliphatic rings. The Hall–Kier alpha value is -1.51. The smallest absolute Gasteiger partial charge is 0.347 e. The third kappa shape index (κ3) is 1.87. The highest BCUT2D eigenvalue weighted by Crippen LogP contribution is 2.20. The van der Waals surface area contributed by atoms with E-state index in [1.165, 1.54) is 0 Å². The fourth-order valence-corrected chi connectivity index (χ4v) is 1.48. The van der Waals surface area contributed by atoms with E-state index < -0.39 is 6.10 Å². The Bertz CT molecular complexity index is 321. The number of carbonyl (C=O) groups is 1. The Morgan fingerprint density at radius 2 is 2.07 bits per heavy atom. The highest BCUT2D eigenvalue weighted by Gasteiger charge is 2.33. The summed E-state index contributed by atoms with van der Waals surface area (Å²) >= 11 is 0. The van der Waals surface area contributed by atoms with E-state index in [9.17, 15) is 4.79 Å². The van der Waals surface area contributed by atoms with E-state index in [1.807, 2.05) is 37.3 Å². The van der Waals surface area contributed by atoms with Gasteiger partial charge >= 0.3 is 5.97 Å². The Balaban J connectivity index is 2.02. The lowest BCUT2D eigenvalue weighted by Crippen LogP contribution is -2.21. The summed E-state index contributed by atoms with van der Waals surface area (Å²) in [7, 11) is 0. The molecule has 0 saturated carbocycles. The van der Waals surface area contributed by atoms with Crippen molar-refractivity contribution in [1.82, 2.24) is 0 Å². The average Bonchev–Trinajstić information content (AvgIpc) is 2.47. The van der Waals surface area contributed by atoms with Crippen LogP contribution in [0.1, 0.15) is 13.3 Å². The first-order valence-electron chi connectivity index (χ1n) is 4.68. The fraction of sp³-hybridized carbons (Fsp3) is 0.364. The molecule has 0 aliphatic carbocycles. The standard InChI is InChI=1S/C11H12O3/c1-8-7-10(11(12)13-8)14-9-5-3-2-4-6-9/h2-6,8,10H,7H2,1H3/t8-,10+/m0/s1. The molecule has 0 amide bonds. The summed E-state index contributed by atoms with van der Waals surface area (Å²) in [4.78, 5) is 11.2. The SMILES string of the molecule is C[C@H]1C[C@@H](Oc2ccccc2)C(=O)O1. The molecule has 1 aromatic rings. The Morgan fingerprint density at radius 1 is 1.36 bits per heavy atom. The van der Waals surface area contributed by atoms with Gasteiger partial charge in [-0.25, -0.2) is 4.79 Å². The Labute approximate surface area is 82.6 Å². The molecular weight excluding hydrogens is 180 g/mol. The van der Waals surface area contributed by atoms with Crippen LogP contribution in [0.4, 0.5) is 0 Å². The van der Waals surface area contributed by atoms with Gasteiger partial charge in [0.05, 0.1) is 0 Å². The lowest BCUT2D eigenvalue weighted by atomic mass is 10.2. The maximum atomic E-state index is 11.2. The quantitative estimate of drug-likeness (QED) is 0.670. The summed E-state index contributed by atoms with van der Waals surface area (Å²) in [6.45, 7) is 1.87. The molecule has 2 atom stereocenters. The van der Waals surface area contributed by atoms with Crippen LogP contribution in [0.5, 0.6) is 5.75 Å². The monoisotopic (exact) mass is 192 g/mol. The number of hydrogen-bond acceptors (Lipinski definition) is 3. The lowest BCUT2D eigenvalue weighted by molar-refractivity contribution is -0.145. The molecule has 74 valence electrons. The van der Waals surface area contributed by atoms with E-state index >= 15 is 0 Å². The van der Waals surface area contributed by atoms with Crippen LogP contribution >= 0.6 is 0 Å². The summed E-state index contributed by atoms with van der Waals surface area (Å²) in [5.74, 6) is 0.449. The second kappa shape index (κ2) is 3.70. The highest BCUT2D eigenvalue weighted by atomic mass is 16.6. The van der Waals surface area contributed by atoms with E-state index in [0.717, 1.165) is 0 Å². The molecule has 2 rings (SSSR count). The van der Waals surface area contributed by atoms with Crippen molar-refractivity contribution < 1.29 is 14.3 Å². The fourth-order valence-electron chi connectivity index (χ4n) is 1.48. The maximum Gasteiger partial charge on any atom is 0.347 e. The van der Waals surface area contributed by atoms with Gasteiger partial charge < -0.3 is 9.47 Å². The highest BCUT2D eigenvalue weighted by molar-refractivity contribution is 5.77. The van der Waals surface area contributed by atoms with E-state index in [2.05, 4.69) is 0 Å². The summed E-state index contributed by atoms with van der Waals surface area (Å²) < 4.78 is 10.5. The van der Waals surface area contributed by atoms with Crippen LogP contribution in [0.25, 0.3) is 0 Å². The topological polar surface area (TPSA) is 35.5 Å². The molecule has 3 heteroatoms. The molecule has 0 bridgehead atoms. The molecule has 0 N–H and O–H groups in total. The lowest BCUT2D eigenvalue weighted by Gasteiger charge is -2.08. The van der Waals surface area contributed by atoms with Crippen LogP contribution < -0.4 is 4.74 Å².